The van der Waals surface area contributed by atoms with Crippen molar-refractivity contribution >= 4 is 28.9 Å². The normalized spacial score (nSPS) is 10.3. The van der Waals surface area contributed by atoms with Crippen molar-refractivity contribution < 1.29 is 14.3 Å². The summed E-state index contributed by atoms with van der Waals surface area (Å²) < 4.78 is 5.45. The van der Waals surface area contributed by atoms with E-state index in [1.807, 2.05) is 68.4 Å². The average molecular weight is 418 g/mol. The van der Waals surface area contributed by atoms with Crippen molar-refractivity contribution in [2.75, 3.05) is 35.2 Å². The van der Waals surface area contributed by atoms with Crippen molar-refractivity contribution in [1.29, 1.82) is 0 Å². The molecule has 0 unspecified atom stereocenters. The van der Waals surface area contributed by atoms with Gasteiger partial charge in [0.25, 0.3) is 5.91 Å². The fourth-order valence-corrected chi connectivity index (χ4v) is 3.19. The van der Waals surface area contributed by atoms with E-state index in [2.05, 4.69) is 10.6 Å². The predicted octanol–water partition coefficient (Wildman–Crippen LogP) is 4.80. The number of nitrogens with zero attached hydrogens (tertiary/aromatic N) is 1. The van der Waals surface area contributed by atoms with Gasteiger partial charge in [-0.15, -0.1) is 0 Å². The van der Waals surface area contributed by atoms with Crippen LogP contribution in [0.3, 0.4) is 0 Å². The molecule has 6 heteroatoms. The zero-order chi connectivity index (χ0) is 22.1. The summed E-state index contributed by atoms with van der Waals surface area (Å²) >= 11 is 0. The lowest BCUT2D eigenvalue weighted by molar-refractivity contribution is -0.114. The predicted molar refractivity (Wildman–Crippen MR) is 125 cm³/mol. The van der Waals surface area contributed by atoms with Gasteiger partial charge in [-0.2, -0.15) is 0 Å². The number of nitrogens with one attached hydrogen (secondary N) is 2. The van der Waals surface area contributed by atoms with Gasteiger partial charge >= 0.3 is 0 Å². The topological polar surface area (TPSA) is 70.7 Å². The van der Waals surface area contributed by atoms with Crippen molar-refractivity contribution in [3.8, 4) is 5.75 Å². The first-order valence-corrected chi connectivity index (χ1v) is 10.3. The van der Waals surface area contributed by atoms with Crippen molar-refractivity contribution in [1.82, 2.24) is 0 Å². The minimum atomic E-state index is -0.190. The van der Waals surface area contributed by atoms with E-state index in [9.17, 15) is 9.59 Å². The Bertz CT molecular complexity index is 1020. The Morgan fingerprint density at radius 3 is 2.35 bits per heavy atom. The standard InChI is InChI=1S/C25H27N3O3/c1-3-28(22-13-6-5-7-14-22)25(30)19-10-8-11-20(16-19)26-18-24(29)27-21-12-9-15-23(17-21)31-4-2/h5-17,26H,3-4,18H2,1-2H3,(H,27,29). The largest absolute Gasteiger partial charge is 0.494 e. The molecule has 3 rings (SSSR count). The molecule has 0 saturated carbocycles. The number of ether oxygens (including phenoxy) is 1. The molecule has 0 aromatic heterocycles. The highest BCUT2D eigenvalue weighted by atomic mass is 16.5. The lowest BCUT2D eigenvalue weighted by atomic mass is 10.1. The van der Waals surface area contributed by atoms with E-state index in [-0.39, 0.29) is 18.4 Å². The molecular formula is C25H27N3O3. The Labute approximate surface area is 182 Å². The first kappa shape index (κ1) is 21.9. The van der Waals surface area contributed by atoms with Crippen LogP contribution in [0.4, 0.5) is 17.1 Å². The lowest BCUT2D eigenvalue weighted by Gasteiger charge is -2.21. The van der Waals surface area contributed by atoms with E-state index in [1.54, 1.807) is 29.2 Å². The molecule has 0 fully saturated rings. The molecule has 0 atom stereocenters. The zero-order valence-electron chi connectivity index (χ0n) is 17.8. The summed E-state index contributed by atoms with van der Waals surface area (Å²) in [7, 11) is 0. The second kappa shape index (κ2) is 10.8. The molecule has 0 aliphatic heterocycles. The highest BCUT2D eigenvalue weighted by molar-refractivity contribution is 6.06. The summed E-state index contributed by atoms with van der Waals surface area (Å²) in [5.41, 5.74) is 2.78. The van der Waals surface area contributed by atoms with E-state index < -0.39 is 0 Å². The van der Waals surface area contributed by atoms with Gasteiger partial charge in [0.05, 0.1) is 13.2 Å². The molecule has 31 heavy (non-hydrogen) atoms. The Hall–Kier alpha value is -3.80. The summed E-state index contributed by atoms with van der Waals surface area (Å²) in [4.78, 5) is 27.0. The Balaban J connectivity index is 1.62. The maximum Gasteiger partial charge on any atom is 0.258 e. The maximum atomic E-state index is 13.0. The molecule has 3 aromatic rings. The number of amides is 2. The third kappa shape index (κ3) is 6.09. The summed E-state index contributed by atoms with van der Waals surface area (Å²) in [6.45, 7) is 5.05. The monoisotopic (exact) mass is 417 g/mol. The van der Waals surface area contributed by atoms with Crippen LogP contribution in [0, 0.1) is 0 Å². The molecule has 0 radical (unpaired) electrons. The van der Waals surface area contributed by atoms with Gasteiger partial charge in [-0.25, -0.2) is 0 Å². The zero-order valence-corrected chi connectivity index (χ0v) is 17.8. The molecule has 0 aliphatic carbocycles. The molecular weight excluding hydrogens is 390 g/mol. The van der Waals surface area contributed by atoms with Gasteiger partial charge in [-0.05, 0) is 56.3 Å². The van der Waals surface area contributed by atoms with Gasteiger partial charge in [-0.1, -0.05) is 30.3 Å². The maximum absolute atomic E-state index is 13.0. The van der Waals surface area contributed by atoms with Crippen LogP contribution in [0.1, 0.15) is 24.2 Å². The first-order valence-electron chi connectivity index (χ1n) is 10.3. The van der Waals surface area contributed by atoms with Crippen LogP contribution < -0.4 is 20.3 Å². The molecule has 6 nitrogen and oxygen atoms in total. The fourth-order valence-electron chi connectivity index (χ4n) is 3.19. The summed E-state index contributed by atoms with van der Waals surface area (Å²) in [5, 5.41) is 5.92. The molecule has 0 aliphatic rings. The summed E-state index contributed by atoms with van der Waals surface area (Å²) in [6, 6.07) is 24.0. The van der Waals surface area contributed by atoms with Crippen molar-refractivity contribution in [3.05, 3.63) is 84.4 Å². The van der Waals surface area contributed by atoms with Crippen LogP contribution in [-0.4, -0.2) is 31.5 Å². The number of anilines is 3. The van der Waals surface area contributed by atoms with E-state index in [4.69, 9.17) is 4.74 Å². The number of carbonyl (C=O) groups excluding carboxylic acids is 2. The minimum absolute atomic E-state index is 0.0761. The Kier molecular flexibility index (Phi) is 7.65. The van der Waals surface area contributed by atoms with Crippen LogP contribution in [-0.2, 0) is 4.79 Å². The lowest BCUT2D eigenvalue weighted by Crippen LogP contribution is -2.30. The van der Waals surface area contributed by atoms with Gasteiger partial charge in [0, 0.05) is 35.2 Å². The third-order valence-corrected chi connectivity index (χ3v) is 4.62. The fraction of sp³-hybridized carbons (Fsp3) is 0.200. The molecule has 0 spiro atoms. The van der Waals surface area contributed by atoms with Crippen LogP contribution in [0.5, 0.6) is 5.75 Å². The first-order chi connectivity index (χ1) is 15.1. The van der Waals surface area contributed by atoms with E-state index in [1.165, 1.54) is 0 Å². The quantitative estimate of drug-likeness (QED) is 0.525. The highest BCUT2D eigenvalue weighted by Crippen LogP contribution is 2.19. The number of carbonyl (C=O) groups is 2. The highest BCUT2D eigenvalue weighted by Gasteiger charge is 2.16. The summed E-state index contributed by atoms with van der Waals surface area (Å²) in [5.74, 6) is 0.428. The van der Waals surface area contributed by atoms with Crippen LogP contribution >= 0.6 is 0 Å². The van der Waals surface area contributed by atoms with E-state index >= 15 is 0 Å². The molecule has 2 amide bonds. The third-order valence-electron chi connectivity index (χ3n) is 4.62. The number of hydrogen-bond donors (Lipinski definition) is 2. The molecule has 0 bridgehead atoms. The van der Waals surface area contributed by atoms with Gasteiger partial charge in [0.2, 0.25) is 5.91 Å². The van der Waals surface area contributed by atoms with Gasteiger partial charge in [-0.3, -0.25) is 9.59 Å². The Morgan fingerprint density at radius 2 is 1.61 bits per heavy atom. The molecule has 0 heterocycles. The summed E-state index contributed by atoms with van der Waals surface area (Å²) in [6.07, 6.45) is 0. The van der Waals surface area contributed by atoms with Crippen LogP contribution in [0.25, 0.3) is 0 Å². The number of para-hydroxylation sites is 1. The van der Waals surface area contributed by atoms with E-state index in [0.29, 0.717) is 35.8 Å². The minimum Gasteiger partial charge on any atom is -0.494 e. The molecule has 2 N–H and O–H groups in total. The Morgan fingerprint density at radius 1 is 0.871 bits per heavy atom. The SMILES string of the molecule is CCOc1cccc(NC(=O)CNc2cccc(C(=O)N(CC)c3ccccc3)c2)c1. The van der Waals surface area contributed by atoms with Gasteiger partial charge < -0.3 is 20.3 Å². The smallest absolute Gasteiger partial charge is 0.258 e. The van der Waals surface area contributed by atoms with Gasteiger partial charge in [0.1, 0.15) is 5.75 Å². The second-order valence-electron chi connectivity index (χ2n) is 6.83. The number of hydrogen-bond acceptors (Lipinski definition) is 4. The number of benzene rings is 3. The number of rotatable bonds is 9. The van der Waals surface area contributed by atoms with Crippen LogP contribution in [0.15, 0.2) is 78.9 Å². The van der Waals surface area contributed by atoms with Gasteiger partial charge in [0.15, 0.2) is 0 Å². The van der Waals surface area contributed by atoms with Crippen LogP contribution in [0.2, 0.25) is 0 Å². The molecule has 160 valence electrons. The van der Waals surface area contributed by atoms with E-state index in [0.717, 1.165) is 5.69 Å². The second-order valence-corrected chi connectivity index (χ2v) is 6.83. The molecule has 3 aromatic carbocycles. The average Bonchev–Trinajstić information content (AvgIpc) is 2.79. The molecule has 0 saturated heterocycles. The van der Waals surface area contributed by atoms with Crippen molar-refractivity contribution in [2.45, 2.75) is 13.8 Å². The van der Waals surface area contributed by atoms with Crippen molar-refractivity contribution in [3.63, 3.8) is 0 Å². The van der Waals surface area contributed by atoms with Crippen molar-refractivity contribution in [2.24, 2.45) is 0 Å².